The number of carbonyl (C=O) groups is 3. The number of hydrogen-bond donors (Lipinski definition) is 8. The number of ketones is 1. The first-order valence-electron chi connectivity index (χ1n) is 24.7. The second-order valence-electron chi connectivity index (χ2n) is 17.7. The highest BCUT2D eigenvalue weighted by atomic mass is 31.2. The Morgan fingerprint density at radius 2 is 0.806 bits per heavy atom. The molecule has 1 rings (SSSR count). The molecule has 0 amide bonds. The number of carbonyl (C=O) groups excluding carboxylic acids is 3. The number of rotatable bonds is 43. The van der Waals surface area contributed by atoms with E-state index in [1.165, 1.54) is 57.8 Å². The predicted molar refractivity (Wildman–Crippen MR) is 248 cm³/mol. The van der Waals surface area contributed by atoms with Crippen LogP contribution in [0.15, 0.2) is 0 Å². The number of aliphatic hydroxyl groups is 3. The van der Waals surface area contributed by atoms with Gasteiger partial charge in [-0.15, -0.1) is 0 Å². The third-order valence-corrected chi connectivity index (χ3v) is 13.6. The molecule has 8 N–H and O–H groups in total. The highest BCUT2D eigenvalue weighted by molar-refractivity contribution is 7.47. The first-order valence-corrected chi connectivity index (χ1v) is 29.3. The molecule has 0 aromatic carbocycles. The van der Waals surface area contributed by atoms with Crippen LogP contribution in [0.1, 0.15) is 206 Å². The molecule has 1 aliphatic carbocycles. The average Bonchev–Trinajstić information content (AvgIpc) is 3.24. The molecule has 0 spiro atoms. The van der Waals surface area contributed by atoms with Crippen molar-refractivity contribution in [3.8, 4) is 0 Å². The molecule has 0 bridgehead atoms. The quantitative estimate of drug-likeness (QED) is 0.0162. The molecule has 4 unspecified atom stereocenters. The summed E-state index contributed by atoms with van der Waals surface area (Å²) in [6.07, 6.45) is 12.4. The molecule has 396 valence electrons. The van der Waals surface area contributed by atoms with E-state index >= 15 is 0 Å². The molecule has 1 saturated carbocycles. The fourth-order valence-electron chi connectivity index (χ4n) is 7.88. The van der Waals surface area contributed by atoms with E-state index in [-0.39, 0.29) is 12.8 Å². The number of ether oxygens (including phenoxy) is 2. The Balaban J connectivity index is 2.69. The van der Waals surface area contributed by atoms with Gasteiger partial charge in [0.2, 0.25) is 0 Å². The van der Waals surface area contributed by atoms with Crippen LogP contribution < -0.4 is 0 Å². The van der Waals surface area contributed by atoms with E-state index in [4.69, 9.17) is 18.5 Å². The normalized spacial score (nSPS) is 21.5. The molecule has 0 aliphatic heterocycles. The van der Waals surface area contributed by atoms with Crippen molar-refractivity contribution in [3.05, 3.63) is 0 Å². The number of hydrogen-bond acceptors (Lipinski definition) is 15. The molecule has 0 aromatic heterocycles. The van der Waals surface area contributed by atoms with Gasteiger partial charge >= 0.3 is 35.4 Å². The van der Waals surface area contributed by atoms with Crippen LogP contribution in [0.4, 0.5) is 0 Å². The van der Waals surface area contributed by atoms with Gasteiger partial charge in [0.25, 0.3) is 0 Å². The zero-order valence-corrected chi connectivity index (χ0v) is 42.7. The van der Waals surface area contributed by atoms with Crippen LogP contribution in [0.25, 0.3) is 0 Å². The topological polar surface area (TPSA) is 320 Å². The van der Waals surface area contributed by atoms with Crippen LogP contribution in [-0.4, -0.2) is 113 Å². The van der Waals surface area contributed by atoms with Gasteiger partial charge in [0.15, 0.2) is 6.10 Å². The monoisotopic (exact) mass is 1030 g/mol. The van der Waals surface area contributed by atoms with Gasteiger partial charge in [-0.05, 0) is 25.7 Å². The third-order valence-electron chi connectivity index (χ3n) is 11.5. The predicted octanol–water partition coefficient (Wildman–Crippen LogP) is 8.31. The van der Waals surface area contributed by atoms with Crippen molar-refractivity contribution in [3.63, 3.8) is 0 Å². The largest absolute Gasteiger partial charge is 0.472 e. The van der Waals surface area contributed by atoms with E-state index in [0.717, 1.165) is 96.3 Å². The Morgan fingerprint density at radius 1 is 0.433 bits per heavy atom. The minimum atomic E-state index is -5.60. The highest BCUT2D eigenvalue weighted by Gasteiger charge is 2.56. The van der Waals surface area contributed by atoms with E-state index in [9.17, 15) is 67.9 Å². The van der Waals surface area contributed by atoms with Gasteiger partial charge in [-0.2, -0.15) is 0 Å². The van der Waals surface area contributed by atoms with Crippen LogP contribution in [0.3, 0.4) is 0 Å². The summed E-state index contributed by atoms with van der Waals surface area (Å²) in [5, 5.41) is 31.9. The molecule has 1 fully saturated rings. The molecule has 8 atom stereocenters. The highest BCUT2D eigenvalue weighted by Crippen LogP contribution is 2.51. The van der Waals surface area contributed by atoms with Gasteiger partial charge in [0.05, 0.1) is 6.61 Å². The van der Waals surface area contributed by atoms with Gasteiger partial charge in [0.1, 0.15) is 49.0 Å². The maximum Gasteiger partial charge on any atom is 0.472 e. The Hall–Kier alpha value is -1.18. The molecule has 0 heterocycles. The van der Waals surface area contributed by atoms with Crippen LogP contribution in [0.5, 0.6) is 0 Å². The Morgan fingerprint density at radius 3 is 1.22 bits per heavy atom. The zero-order chi connectivity index (χ0) is 50.1. The van der Waals surface area contributed by atoms with Crippen LogP contribution in [-0.2, 0) is 55.6 Å². The lowest BCUT2D eigenvalue weighted by molar-refractivity contribution is -0.213. The lowest BCUT2D eigenvalue weighted by atomic mass is 9.85. The van der Waals surface area contributed by atoms with Crippen molar-refractivity contribution >= 4 is 41.2 Å². The fraction of sp³-hybridized carbons (Fsp3) is 0.932. The van der Waals surface area contributed by atoms with E-state index in [1.54, 1.807) is 0 Å². The molecule has 0 aromatic rings. The fourth-order valence-corrected chi connectivity index (χ4v) is 9.98. The summed E-state index contributed by atoms with van der Waals surface area (Å²) < 4.78 is 65.5. The second-order valence-corrected chi connectivity index (χ2v) is 21.5. The van der Waals surface area contributed by atoms with Gasteiger partial charge in [0, 0.05) is 25.7 Å². The standard InChI is InChI=1S/C44H85O20P3/c1-3-5-6-7-8-9-10-11-16-19-22-25-28-32-38(47)61-36(33-59-37(46)31-27-24-21-18-15-13-12-14-17-20-23-26-30-35(45)29-4-2)34-60-67(57,58)64-42-39(48)40(49)43(62-65(51,52)53)44(41(42)50)63-66(54,55)56/h36,39-44,48-50H,3-34H2,1-2H3,(H,57,58)(H2,51,52,53)(H2,54,55,56)/t36-,39-,40+,41?,42?,43?,44-/m1/s1. The number of phosphoric ester groups is 3. The molecule has 20 nitrogen and oxygen atoms in total. The molecule has 0 saturated heterocycles. The van der Waals surface area contributed by atoms with Crippen molar-refractivity contribution < 1.29 is 95.4 Å². The number of aliphatic hydroxyl groups excluding tert-OH is 3. The first-order chi connectivity index (χ1) is 31.7. The lowest BCUT2D eigenvalue weighted by Gasteiger charge is -2.44. The molecule has 1 aliphatic rings. The Kier molecular flexibility index (Phi) is 35.0. The van der Waals surface area contributed by atoms with E-state index in [0.29, 0.717) is 31.5 Å². The third kappa shape index (κ3) is 33.2. The molecule has 0 radical (unpaired) electrons. The summed E-state index contributed by atoms with van der Waals surface area (Å²) in [5.74, 6) is -0.953. The summed E-state index contributed by atoms with van der Waals surface area (Å²) in [7, 11) is -16.6. The smallest absolute Gasteiger partial charge is 0.462 e. The van der Waals surface area contributed by atoms with Crippen molar-refractivity contribution in [2.45, 2.75) is 249 Å². The van der Waals surface area contributed by atoms with E-state index in [2.05, 4.69) is 16.0 Å². The van der Waals surface area contributed by atoms with Crippen molar-refractivity contribution in [2.24, 2.45) is 0 Å². The summed E-state index contributed by atoms with van der Waals surface area (Å²) in [6.45, 7) is 2.73. The van der Waals surface area contributed by atoms with E-state index < -0.39 is 91.3 Å². The number of phosphoric acid groups is 3. The Bertz CT molecular complexity index is 1480. The van der Waals surface area contributed by atoms with Crippen LogP contribution in [0, 0.1) is 0 Å². The molecular weight excluding hydrogens is 941 g/mol. The second kappa shape index (κ2) is 36.7. The summed E-state index contributed by atoms with van der Waals surface area (Å²) >= 11 is 0. The van der Waals surface area contributed by atoms with Crippen LogP contribution in [0.2, 0.25) is 0 Å². The number of Topliss-reactive ketones (excluding diaryl/α,β-unsaturated/α-hetero) is 1. The maximum atomic E-state index is 13.1. The van der Waals surface area contributed by atoms with Gasteiger partial charge in [-0.3, -0.25) is 32.5 Å². The summed E-state index contributed by atoms with van der Waals surface area (Å²) in [6, 6.07) is 0. The molecule has 67 heavy (non-hydrogen) atoms. The van der Waals surface area contributed by atoms with Gasteiger partial charge in [-0.1, -0.05) is 155 Å². The SMILES string of the molecule is CCCCCCCCCCCCCCCC(=O)O[C@H](COC(=O)CCCCCCCCCCCCCCC(=O)CCC)COP(=O)(O)OC1C(O)[C@@H](OP(=O)(O)O)C(OP(=O)(O)O)[C@@H](O)[C@H]1O. The first kappa shape index (κ1) is 63.8. The minimum Gasteiger partial charge on any atom is -0.462 e. The number of esters is 2. The number of unbranched alkanes of at least 4 members (excludes halogenated alkanes) is 23. The van der Waals surface area contributed by atoms with Crippen molar-refractivity contribution in [1.82, 2.24) is 0 Å². The average molecular weight is 1030 g/mol. The van der Waals surface area contributed by atoms with Gasteiger partial charge < -0.3 is 49.3 Å². The van der Waals surface area contributed by atoms with Gasteiger partial charge in [-0.25, -0.2) is 13.7 Å². The molecular formula is C44H85O20P3. The summed E-state index contributed by atoms with van der Waals surface area (Å²) in [4.78, 5) is 84.8. The van der Waals surface area contributed by atoms with E-state index in [1.807, 2.05) is 6.92 Å². The Labute approximate surface area is 398 Å². The van der Waals surface area contributed by atoms with Crippen molar-refractivity contribution in [1.29, 1.82) is 0 Å². The molecule has 23 heteroatoms. The van der Waals surface area contributed by atoms with Crippen LogP contribution >= 0.6 is 23.5 Å². The van der Waals surface area contributed by atoms with Crippen molar-refractivity contribution in [2.75, 3.05) is 13.2 Å². The minimum absolute atomic E-state index is 0.00495. The zero-order valence-electron chi connectivity index (χ0n) is 40.0. The summed E-state index contributed by atoms with van der Waals surface area (Å²) in [5.41, 5.74) is 0. The lowest BCUT2D eigenvalue weighted by Crippen LogP contribution is -2.65. The maximum absolute atomic E-state index is 13.1.